The van der Waals surface area contributed by atoms with E-state index in [2.05, 4.69) is 5.32 Å². The molecule has 1 N–H and O–H groups in total. The molecule has 1 aromatic rings. The Balaban J connectivity index is 2.71. The van der Waals surface area contributed by atoms with E-state index in [0.717, 1.165) is 17.4 Å². The SMILES string of the molecule is CC1=C(C(=O)O)c2c(cccc2C(C)C=O)C[N]1. The summed E-state index contributed by atoms with van der Waals surface area (Å²) in [7, 11) is 0. The Morgan fingerprint density at radius 2 is 2.22 bits per heavy atom. The zero-order chi connectivity index (χ0) is 13.3. The van der Waals surface area contributed by atoms with E-state index in [1.807, 2.05) is 12.1 Å². The van der Waals surface area contributed by atoms with Gasteiger partial charge in [0, 0.05) is 11.6 Å². The minimum Gasteiger partial charge on any atom is -0.478 e. The van der Waals surface area contributed by atoms with E-state index in [1.54, 1.807) is 19.9 Å². The second-order valence-corrected chi connectivity index (χ2v) is 4.39. The lowest BCUT2D eigenvalue weighted by molar-refractivity contribution is -0.130. The molecule has 93 valence electrons. The van der Waals surface area contributed by atoms with E-state index in [1.165, 1.54) is 0 Å². The lowest BCUT2D eigenvalue weighted by Crippen LogP contribution is -2.20. The van der Waals surface area contributed by atoms with Gasteiger partial charge in [-0.3, -0.25) is 5.32 Å². The molecule has 1 aromatic carbocycles. The van der Waals surface area contributed by atoms with Gasteiger partial charge in [0.05, 0.1) is 12.1 Å². The highest BCUT2D eigenvalue weighted by Crippen LogP contribution is 2.33. The van der Waals surface area contributed by atoms with Crippen LogP contribution in [0, 0.1) is 0 Å². The maximum absolute atomic E-state index is 11.4. The number of fused-ring (bicyclic) bond motifs is 1. The summed E-state index contributed by atoms with van der Waals surface area (Å²) >= 11 is 0. The second-order valence-electron chi connectivity index (χ2n) is 4.39. The van der Waals surface area contributed by atoms with Crippen molar-refractivity contribution in [1.29, 1.82) is 0 Å². The first kappa shape index (κ1) is 12.4. The van der Waals surface area contributed by atoms with Crippen molar-refractivity contribution >= 4 is 17.8 Å². The Labute approximate surface area is 105 Å². The molecule has 0 saturated heterocycles. The zero-order valence-electron chi connectivity index (χ0n) is 10.3. The zero-order valence-corrected chi connectivity index (χ0v) is 10.3. The fourth-order valence-electron chi connectivity index (χ4n) is 2.23. The number of nitrogens with zero attached hydrogens (tertiary/aromatic N) is 1. The number of rotatable bonds is 3. The van der Waals surface area contributed by atoms with Gasteiger partial charge in [-0.15, -0.1) is 0 Å². The van der Waals surface area contributed by atoms with Crippen molar-refractivity contribution in [3.8, 4) is 0 Å². The van der Waals surface area contributed by atoms with Gasteiger partial charge in [0.1, 0.15) is 6.29 Å². The molecule has 0 fully saturated rings. The third-order valence-electron chi connectivity index (χ3n) is 3.19. The molecule has 1 heterocycles. The molecule has 4 heteroatoms. The van der Waals surface area contributed by atoms with Crippen molar-refractivity contribution in [3.63, 3.8) is 0 Å². The van der Waals surface area contributed by atoms with Gasteiger partial charge in [-0.2, -0.15) is 0 Å². The molecule has 1 radical (unpaired) electrons. The van der Waals surface area contributed by atoms with Crippen molar-refractivity contribution in [1.82, 2.24) is 5.32 Å². The first-order chi connectivity index (χ1) is 8.56. The number of aliphatic carboxylic acids is 1. The predicted molar refractivity (Wildman–Crippen MR) is 67.0 cm³/mol. The number of carboxylic acids is 1. The van der Waals surface area contributed by atoms with Crippen LogP contribution in [0.1, 0.15) is 36.5 Å². The summed E-state index contributed by atoms with van der Waals surface area (Å²) in [5.74, 6) is -1.32. The van der Waals surface area contributed by atoms with E-state index in [4.69, 9.17) is 0 Å². The number of carbonyl (C=O) groups excluding carboxylic acids is 1. The molecule has 0 saturated carbocycles. The van der Waals surface area contributed by atoms with Crippen molar-refractivity contribution in [2.45, 2.75) is 26.3 Å². The minimum atomic E-state index is -0.997. The highest BCUT2D eigenvalue weighted by molar-refractivity contribution is 6.17. The summed E-state index contributed by atoms with van der Waals surface area (Å²) in [5.41, 5.74) is 3.01. The van der Waals surface area contributed by atoms with Gasteiger partial charge in [-0.25, -0.2) is 4.79 Å². The van der Waals surface area contributed by atoms with Gasteiger partial charge < -0.3 is 9.90 Å². The Hall–Kier alpha value is -2.10. The average Bonchev–Trinajstić information content (AvgIpc) is 2.36. The maximum atomic E-state index is 11.4. The monoisotopic (exact) mass is 244 g/mol. The van der Waals surface area contributed by atoms with Gasteiger partial charge in [-0.05, 0) is 23.6 Å². The van der Waals surface area contributed by atoms with Gasteiger partial charge in [0.2, 0.25) is 0 Å². The van der Waals surface area contributed by atoms with E-state index >= 15 is 0 Å². The number of allylic oxidation sites excluding steroid dienone is 1. The second kappa shape index (κ2) is 4.64. The molecule has 2 rings (SSSR count). The molecule has 0 spiro atoms. The van der Waals surface area contributed by atoms with Crippen LogP contribution < -0.4 is 5.32 Å². The smallest absolute Gasteiger partial charge is 0.338 e. The Kier molecular flexibility index (Phi) is 3.19. The molecule has 1 aliphatic rings. The van der Waals surface area contributed by atoms with Crippen LogP contribution in [0.5, 0.6) is 0 Å². The van der Waals surface area contributed by atoms with Crippen LogP contribution in [-0.2, 0) is 16.1 Å². The number of carbonyl (C=O) groups is 2. The van der Waals surface area contributed by atoms with E-state index in [0.29, 0.717) is 17.8 Å². The minimum absolute atomic E-state index is 0.209. The molecular weight excluding hydrogens is 230 g/mol. The average molecular weight is 244 g/mol. The Bertz CT molecular complexity index is 546. The topological polar surface area (TPSA) is 68.5 Å². The molecule has 0 amide bonds. The first-order valence-corrected chi connectivity index (χ1v) is 5.75. The fraction of sp³-hybridized carbons (Fsp3) is 0.286. The number of carboxylic acid groups (broad SMARTS) is 1. The van der Waals surface area contributed by atoms with Crippen LogP contribution in [0.3, 0.4) is 0 Å². The summed E-state index contributed by atoms with van der Waals surface area (Å²) < 4.78 is 0. The van der Waals surface area contributed by atoms with Crippen LogP contribution in [0.4, 0.5) is 0 Å². The number of hydrogen-bond acceptors (Lipinski definition) is 2. The van der Waals surface area contributed by atoms with Gasteiger partial charge in [-0.1, -0.05) is 25.1 Å². The summed E-state index contributed by atoms with van der Waals surface area (Å²) in [6, 6.07) is 5.50. The highest BCUT2D eigenvalue weighted by atomic mass is 16.4. The molecule has 1 unspecified atom stereocenters. The molecule has 0 aliphatic carbocycles. The molecule has 1 aliphatic heterocycles. The standard InChI is InChI=1S/C14H14NO3/c1-8(7-16)11-5-3-4-10-6-15-9(2)12(13(10)11)14(17)18/h3-5,7-8H,6H2,1-2H3,(H,17,18). The lowest BCUT2D eigenvalue weighted by Gasteiger charge is -2.23. The number of benzene rings is 1. The van der Waals surface area contributed by atoms with Crippen molar-refractivity contribution in [2.75, 3.05) is 0 Å². The Morgan fingerprint density at radius 3 is 2.83 bits per heavy atom. The van der Waals surface area contributed by atoms with Gasteiger partial charge >= 0.3 is 5.97 Å². The highest BCUT2D eigenvalue weighted by Gasteiger charge is 2.26. The summed E-state index contributed by atoms with van der Waals surface area (Å²) in [5, 5.41) is 13.5. The van der Waals surface area contributed by atoms with Gasteiger partial charge in [0.25, 0.3) is 0 Å². The molecule has 0 aromatic heterocycles. The van der Waals surface area contributed by atoms with Crippen molar-refractivity contribution in [2.24, 2.45) is 0 Å². The van der Waals surface area contributed by atoms with Crippen LogP contribution in [0.25, 0.3) is 5.57 Å². The van der Waals surface area contributed by atoms with E-state index in [9.17, 15) is 14.7 Å². The summed E-state index contributed by atoms with van der Waals surface area (Å²) in [6.45, 7) is 3.93. The molecule has 1 atom stereocenters. The van der Waals surface area contributed by atoms with Crippen LogP contribution >= 0.6 is 0 Å². The van der Waals surface area contributed by atoms with Crippen LogP contribution in [0.15, 0.2) is 23.9 Å². The molecule has 4 nitrogen and oxygen atoms in total. The molecule has 0 bridgehead atoms. The first-order valence-electron chi connectivity index (χ1n) is 5.75. The van der Waals surface area contributed by atoms with Crippen LogP contribution in [-0.4, -0.2) is 17.4 Å². The molecular formula is C14H14NO3. The summed E-state index contributed by atoms with van der Waals surface area (Å²) in [6.07, 6.45) is 0.830. The fourth-order valence-corrected chi connectivity index (χ4v) is 2.23. The number of aldehydes is 1. The normalized spacial score (nSPS) is 15.7. The maximum Gasteiger partial charge on any atom is 0.338 e. The van der Waals surface area contributed by atoms with Crippen molar-refractivity contribution < 1.29 is 14.7 Å². The van der Waals surface area contributed by atoms with E-state index < -0.39 is 5.97 Å². The molecule has 18 heavy (non-hydrogen) atoms. The lowest BCUT2D eigenvalue weighted by atomic mass is 9.86. The van der Waals surface area contributed by atoms with E-state index in [-0.39, 0.29) is 11.5 Å². The van der Waals surface area contributed by atoms with Gasteiger partial charge in [0.15, 0.2) is 0 Å². The third-order valence-corrected chi connectivity index (χ3v) is 3.19. The van der Waals surface area contributed by atoms with Crippen molar-refractivity contribution in [3.05, 3.63) is 40.6 Å². The third kappa shape index (κ3) is 1.90. The quantitative estimate of drug-likeness (QED) is 0.826. The Morgan fingerprint density at radius 1 is 1.50 bits per heavy atom. The number of hydrogen-bond donors (Lipinski definition) is 1. The predicted octanol–water partition coefficient (Wildman–Crippen LogP) is 1.92. The largest absolute Gasteiger partial charge is 0.478 e. The van der Waals surface area contributed by atoms with Crippen LogP contribution in [0.2, 0.25) is 0 Å². The summed E-state index contributed by atoms with van der Waals surface area (Å²) in [4.78, 5) is 22.3.